The second-order valence-electron chi connectivity index (χ2n) is 3.70. The van der Waals surface area contributed by atoms with Gasteiger partial charge in [-0.2, -0.15) is 0 Å². The first kappa shape index (κ1) is 14.5. The number of nitrogens with two attached hydrogens (primary N) is 1. The lowest BCUT2D eigenvalue weighted by Crippen LogP contribution is -2.13. The summed E-state index contributed by atoms with van der Waals surface area (Å²) in [4.78, 5) is 11.2. The molecule has 0 fully saturated rings. The lowest BCUT2D eigenvalue weighted by atomic mass is 10.2. The van der Waals surface area contributed by atoms with Gasteiger partial charge in [0.05, 0.1) is 10.5 Å². The van der Waals surface area contributed by atoms with Crippen LogP contribution >= 0.6 is 11.8 Å². The molecule has 2 aromatic rings. The summed E-state index contributed by atoms with van der Waals surface area (Å²) in [6.07, 6.45) is 0. The van der Waals surface area contributed by atoms with Crippen molar-refractivity contribution in [2.75, 3.05) is 0 Å². The predicted octanol–water partition coefficient (Wildman–Crippen LogP) is 0.875. The van der Waals surface area contributed by atoms with Gasteiger partial charge >= 0.3 is 5.97 Å². The van der Waals surface area contributed by atoms with Crippen molar-refractivity contribution in [2.24, 2.45) is 5.14 Å². The van der Waals surface area contributed by atoms with E-state index in [9.17, 15) is 13.2 Å². The molecule has 1 aromatic carbocycles. The van der Waals surface area contributed by atoms with E-state index in [1.165, 1.54) is 12.1 Å². The van der Waals surface area contributed by atoms with Crippen LogP contribution in [0.25, 0.3) is 0 Å². The third-order valence-electron chi connectivity index (χ3n) is 2.21. The van der Waals surface area contributed by atoms with Gasteiger partial charge in [0, 0.05) is 11.8 Å². The van der Waals surface area contributed by atoms with Crippen LogP contribution in [-0.2, 0) is 10.0 Å². The highest BCUT2D eigenvalue weighted by Gasteiger charge is 2.18. The molecule has 0 saturated heterocycles. The SMILES string of the molecule is Cc1nnc(Sc2ccc(S(N)(=O)=O)cc2C(=O)O)o1. The molecule has 0 saturated carbocycles. The Hall–Kier alpha value is -1.91. The second-order valence-corrected chi connectivity index (χ2v) is 6.25. The fourth-order valence-electron chi connectivity index (χ4n) is 1.36. The van der Waals surface area contributed by atoms with Crippen LogP contribution < -0.4 is 5.14 Å². The summed E-state index contributed by atoms with van der Waals surface area (Å²) in [7, 11) is -3.97. The van der Waals surface area contributed by atoms with Crippen LogP contribution in [0.3, 0.4) is 0 Å². The van der Waals surface area contributed by atoms with Crippen molar-refractivity contribution >= 4 is 27.8 Å². The normalized spacial score (nSPS) is 11.5. The molecule has 0 aliphatic rings. The molecule has 1 heterocycles. The van der Waals surface area contributed by atoms with Gasteiger partial charge in [-0.3, -0.25) is 0 Å². The van der Waals surface area contributed by atoms with E-state index in [4.69, 9.17) is 14.7 Å². The molecule has 0 aliphatic heterocycles. The summed E-state index contributed by atoms with van der Waals surface area (Å²) in [5, 5.41) is 21.6. The fourth-order valence-corrected chi connectivity index (χ4v) is 2.72. The molecule has 0 unspecified atom stereocenters. The smallest absolute Gasteiger partial charge is 0.336 e. The molecule has 2 rings (SSSR count). The zero-order valence-corrected chi connectivity index (χ0v) is 11.7. The molecule has 8 nitrogen and oxygen atoms in total. The number of aromatic carboxylic acids is 1. The maximum Gasteiger partial charge on any atom is 0.336 e. The van der Waals surface area contributed by atoms with Crippen molar-refractivity contribution in [2.45, 2.75) is 21.9 Å². The number of nitrogens with zero attached hydrogens (tertiary/aromatic N) is 2. The fraction of sp³-hybridized carbons (Fsp3) is 0.100. The highest BCUT2D eigenvalue weighted by atomic mass is 32.2. The molecular weight excluding hydrogens is 306 g/mol. The topological polar surface area (TPSA) is 136 Å². The summed E-state index contributed by atoms with van der Waals surface area (Å²) < 4.78 is 27.6. The lowest BCUT2D eigenvalue weighted by molar-refractivity contribution is 0.0693. The average Bonchev–Trinajstić information content (AvgIpc) is 2.73. The molecule has 0 atom stereocenters. The Kier molecular flexibility index (Phi) is 3.79. The number of sulfonamides is 1. The second kappa shape index (κ2) is 5.23. The van der Waals surface area contributed by atoms with Crippen LogP contribution in [-0.4, -0.2) is 29.7 Å². The van der Waals surface area contributed by atoms with Crippen molar-refractivity contribution < 1.29 is 22.7 Å². The Morgan fingerprint density at radius 1 is 1.40 bits per heavy atom. The predicted molar refractivity (Wildman–Crippen MR) is 67.9 cm³/mol. The zero-order valence-electron chi connectivity index (χ0n) is 10.1. The highest BCUT2D eigenvalue weighted by Crippen LogP contribution is 2.30. The largest absolute Gasteiger partial charge is 0.478 e. The Morgan fingerprint density at radius 2 is 2.10 bits per heavy atom. The number of carboxylic acids is 1. The van der Waals surface area contributed by atoms with Gasteiger partial charge in [0.25, 0.3) is 5.22 Å². The number of hydrogen-bond acceptors (Lipinski definition) is 7. The van der Waals surface area contributed by atoms with Crippen molar-refractivity contribution in [1.29, 1.82) is 0 Å². The van der Waals surface area contributed by atoms with Crippen molar-refractivity contribution in [3.8, 4) is 0 Å². The average molecular weight is 315 g/mol. The third kappa shape index (κ3) is 3.15. The van der Waals surface area contributed by atoms with E-state index in [0.29, 0.717) is 5.89 Å². The number of carboxylic acid groups (broad SMARTS) is 1. The van der Waals surface area contributed by atoms with Crippen LogP contribution in [0.5, 0.6) is 0 Å². The standard InChI is InChI=1S/C10H9N3O5S2/c1-5-12-13-10(18-5)19-8-3-2-6(20(11,16)17)4-7(8)9(14)15/h2-4H,1H3,(H,14,15)(H2,11,16,17). The molecule has 3 N–H and O–H groups in total. The van der Waals surface area contributed by atoms with Gasteiger partial charge in [-0.15, -0.1) is 10.2 Å². The summed E-state index contributed by atoms with van der Waals surface area (Å²) in [5.74, 6) is -0.945. The van der Waals surface area contributed by atoms with E-state index >= 15 is 0 Å². The van der Waals surface area contributed by atoms with E-state index in [1.807, 2.05) is 0 Å². The number of benzene rings is 1. The van der Waals surface area contributed by atoms with Gasteiger partial charge in [0.1, 0.15) is 0 Å². The van der Waals surface area contributed by atoms with Gasteiger partial charge in [0.2, 0.25) is 15.9 Å². The van der Waals surface area contributed by atoms with E-state index in [2.05, 4.69) is 10.2 Å². The minimum atomic E-state index is -3.97. The molecule has 0 aliphatic carbocycles. The maximum absolute atomic E-state index is 11.2. The molecule has 0 radical (unpaired) electrons. The molecule has 0 spiro atoms. The number of hydrogen-bond donors (Lipinski definition) is 2. The number of rotatable bonds is 4. The first-order chi connectivity index (χ1) is 9.27. The maximum atomic E-state index is 11.2. The van der Waals surface area contributed by atoms with Gasteiger partial charge in [-0.25, -0.2) is 18.4 Å². The number of carbonyl (C=O) groups is 1. The Balaban J connectivity index is 2.45. The number of primary sulfonamides is 1. The third-order valence-corrected chi connectivity index (χ3v) is 4.04. The van der Waals surface area contributed by atoms with Crippen LogP contribution in [0.4, 0.5) is 0 Å². The monoisotopic (exact) mass is 315 g/mol. The minimum absolute atomic E-state index is 0.161. The van der Waals surface area contributed by atoms with Gasteiger partial charge in [0.15, 0.2) is 0 Å². The summed E-state index contributed by atoms with van der Waals surface area (Å²) >= 11 is 0.926. The highest BCUT2D eigenvalue weighted by molar-refractivity contribution is 7.99. The molecule has 1 aromatic heterocycles. The molecule has 0 amide bonds. The van der Waals surface area contributed by atoms with Crippen LogP contribution in [0, 0.1) is 6.92 Å². The molecule has 106 valence electrons. The van der Waals surface area contributed by atoms with Crippen molar-refractivity contribution in [3.05, 3.63) is 29.7 Å². The lowest BCUT2D eigenvalue weighted by Gasteiger charge is -2.05. The van der Waals surface area contributed by atoms with E-state index in [0.717, 1.165) is 17.8 Å². The van der Waals surface area contributed by atoms with Gasteiger partial charge < -0.3 is 9.52 Å². The zero-order chi connectivity index (χ0) is 14.9. The van der Waals surface area contributed by atoms with Crippen molar-refractivity contribution in [1.82, 2.24) is 10.2 Å². The first-order valence-electron chi connectivity index (χ1n) is 5.15. The van der Waals surface area contributed by atoms with E-state index in [-0.39, 0.29) is 20.6 Å². The quantitative estimate of drug-likeness (QED) is 0.848. The summed E-state index contributed by atoms with van der Waals surface area (Å²) in [6, 6.07) is 3.53. The van der Waals surface area contributed by atoms with Gasteiger partial charge in [-0.05, 0) is 30.0 Å². The molecular formula is C10H9N3O5S2. The number of aromatic nitrogens is 2. The first-order valence-corrected chi connectivity index (χ1v) is 7.52. The Labute approximate surface area is 118 Å². The Morgan fingerprint density at radius 3 is 2.60 bits per heavy atom. The minimum Gasteiger partial charge on any atom is -0.478 e. The van der Waals surface area contributed by atoms with Crippen LogP contribution in [0.15, 0.2) is 37.6 Å². The summed E-state index contributed by atoms with van der Waals surface area (Å²) in [5.41, 5.74) is -0.211. The van der Waals surface area contributed by atoms with E-state index in [1.54, 1.807) is 6.92 Å². The van der Waals surface area contributed by atoms with Crippen LogP contribution in [0.2, 0.25) is 0 Å². The molecule has 10 heteroatoms. The van der Waals surface area contributed by atoms with E-state index < -0.39 is 16.0 Å². The number of aryl methyl sites for hydroxylation is 1. The molecule has 20 heavy (non-hydrogen) atoms. The van der Waals surface area contributed by atoms with Crippen LogP contribution in [0.1, 0.15) is 16.2 Å². The van der Waals surface area contributed by atoms with Gasteiger partial charge in [-0.1, -0.05) is 0 Å². The van der Waals surface area contributed by atoms with Crippen molar-refractivity contribution in [3.63, 3.8) is 0 Å². The molecule has 0 bridgehead atoms. The summed E-state index contributed by atoms with van der Waals surface area (Å²) in [6.45, 7) is 1.60. The Bertz CT molecular complexity index is 769.